The van der Waals surface area contributed by atoms with Crippen molar-refractivity contribution in [2.24, 2.45) is 0 Å². The molecular weight excluding hydrogens is 266 g/mol. The summed E-state index contributed by atoms with van der Waals surface area (Å²) in [4.78, 5) is 23.7. The largest absolute Gasteiger partial charge is 0.451 e. The third-order valence-corrected chi connectivity index (χ3v) is 3.93. The first-order chi connectivity index (χ1) is 9.16. The molecule has 1 aliphatic rings. The summed E-state index contributed by atoms with van der Waals surface area (Å²) in [5.41, 5.74) is 0.870. The number of esters is 1. The maximum Gasteiger partial charge on any atom is 0.349 e. The highest BCUT2D eigenvalue weighted by Gasteiger charge is 2.17. The molecule has 6 heteroatoms. The van der Waals surface area contributed by atoms with Gasteiger partial charge in [0.25, 0.3) is 5.91 Å². The van der Waals surface area contributed by atoms with Gasteiger partial charge < -0.3 is 14.8 Å². The molecule has 104 valence electrons. The van der Waals surface area contributed by atoms with Crippen molar-refractivity contribution < 1.29 is 19.1 Å². The first-order valence-corrected chi connectivity index (χ1v) is 7.14. The molecule has 19 heavy (non-hydrogen) atoms. The van der Waals surface area contributed by atoms with Crippen LogP contribution in [0, 0.1) is 6.92 Å². The van der Waals surface area contributed by atoms with Crippen LogP contribution >= 0.6 is 11.3 Å². The van der Waals surface area contributed by atoms with Gasteiger partial charge in [-0.1, -0.05) is 0 Å². The lowest BCUT2D eigenvalue weighted by Crippen LogP contribution is -2.34. The highest BCUT2D eigenvalue weighted by Crippen LogP contribution is 2.16. The van der Waals surface area contributed by atoms with E-state index in [4.69, 9.17) is 9.47 Å². The fraction of sp³-hybridized carbons (Fsp3) is 0.538. The first kappa shape index (κ1) is 14.0. The van der Waals surface area contributed by atoms with Crippen LogP contribution in [0.25, 0.3) is 0 Å². The Hall–Kier alpha value is -1.40. The molecule has 2 heterocycles. The lowest BCUT2D eigenvalue weighted by atomic mass is 10.2. The molecule has 0 unspecified atom stereocenters. The van der Waals surface area contributed by atoms with E-state index in [9.17, 15) is 9.59 Å². The number of nitrogens with one attached hydrogen (secondary N) is 1. The molecule has 0 aliphatic carbocycles. The molecule has 5 nitrogen and oxygen atoms in total. The highest BCUT2D eigenvalue weighted by atomic mass is 32.1. The third kappa shape index (κ3) is 4.04. The van der Waals surface area contributed by atoms with Gasteiger partial charge in [-0.15, -0.1) is 11.3 Å². The van der Waals surface area contributed by atoms with Gasteiger partial charge in [0.1, 0.15) is 4.88 Å². The van der Waals surface area contributed by atoms with Gasteiger partial charge >= 0.3 is 5.97 Å². The van der Waals surface area contributed by atoms with E-state index in [1.807, 2.05) is 18.4 Å². The molecule has 0 aromatic carbocycles. The number of amides is 1. The Morgan fingerprint density at radius 2 is 2.42 bits per heavy atom. The van der Waals surface area contributed by atoms with E-state index in [-0.39, 0.29) is 18.6 Å². The minimum absolute atomic E-state index is 0.0965. The number of thiophene rings is 1. The fourth-order valence-electron chi connectivity index (χ4n) is 1.86. The van der Waals surface area contributed by atoms with Gasteiger partial charge in [0.05, 0.1) is 6.10 Å². The zero-order valence-corrected chi connectivity index (χ0v) is 11.6. The number of aryl methyl sites for hydroxylation is 1. The van der Waals surface area contributed by atoms with E-state index >= 15 is 0 Å². The maximum atomic E-state index is 11.7. The lowest BCUT2D eigenvalue weighted by molar-refractivity contribution is -0.124. The van der Waals surface area contributed by atoms with Crippen molar-refractivity contribution in [3.05, 3.63) is 21.9 Å². The second-order valence-corrected chi connectivity index (χ2v) is 5.36. The average Bonchev–Trinajstić information content (AvgIpc) is 3.04. The molecule has 0 bridgehead atoms. The van der Waals surface area contributed by atoms with Crippen LogP contribution in [0.5, 0.6) is 0 Å². The van der Waals surface area contributed by atoms with Crippen molar-refractivity contribution >= 4 is 23.2 Å². The van der Waals surface area contributed by atoms with Crippen LogP contribution < -0.4 is 5.32 Å². The quantitative estimate of drug-likeness (QED) is 0.832. The monoisotopic (exact) mass is 283 g/mol. The molecule has 1 atom stereocenters. The van der Waals surface area contributed by atoms with Crippen LogP contribution in [0.4, 0.5) is 0 Å². The number of ether oxygens (including phenoxy) is 2. The van der Waals surface area contributed by atoms with Gasteiger partial charge in [-0.2, -0.15) is 0 Å². The van der Waals surface area contributed by atoms with Crippen molar-refractivity contribution in [2.45, 2.75) is 25.9 Å². The Bertz CT molecular complexity index is 451. The van der Waals surface area contributed by atoms with Crippen LogP contribution in [-0.2, 0) is 14.3 Å². The molecule has 1 aliphatic heterocycles. The Morgan fingerprint density at radius 3 is 3.05 bits per heavy atom. The Labute approximate surface area is 115 Å². The van der Waals surface area contributed by atoms with Crippen LogP contribution in [0.15, 0.2) is 11.4 Å². The second-order valence-electron chi connectivity index (χ2n) is 4.45. The summed E-state index contributed by atoms with van der Waals surface area (Å²) in [5, 5.41) is 4.52. The van der Waals surface area contributed by atoms with Crippen molar-refractivity contribution in [2.75, 3.05) is 19.8 Å². The Balaban J connectivity index is 1.68. The molecule has 1 amide bonds. The van der Waals surface area contributed by atoms with Crippen molar-refractivity contribution in [3.8, 4) is 0 Å². The maximum absolute atomic E-state index is 11.7. The highest BCUT2D eigenvalue weighted by molar-refractivity contribution is 7.12. The molecule has 0 spiro atoms. The topological polar surface area (TPSA) is 64.6 Å². The molecule has 1 fully saturated rings. The second kappa shape index (κ2) is 6.68. The van der Waals surface area contributed by atoms with Crippen LogP contribution in [-0.4, -0.2) is 37.7 Å². The van der Waals surface area contributed by atoms with Gasteiger partial charge in [-0.3, -0.25) is 4.79 Å². The predicted octanol–water partition coefficient (Wildman–Crippen LogP) is 1.51. The molecule has 0 radical (unpaired) electrons. The molecule has 1 aromatic heterocycles. The van der Waals surface area contributed by atoms with Gasteiger partial charge in [-0.05, 0) is 36.8 Å². The molecule has 1 N–H and O–H groups in total. The van der Waals surface area contributed by atoms with E-state index in [0.717, 1.165) is 25.0 Å². The summed E-state index contributed by atoms with van der Waals surface area (Å²) in [7, 11) is 0. The number of hydrogen-bond acceptors (Lipinski definition) is 5. The fourth-order valence-corrected chi connectivity index (χ4v) is 2.68. The summed E-state index contributed by atoms with van der Waals surface area (Å²) in [5.74, 6) is -0.738. The number of hydrogen-bond donors (Lipinski definition) is 1. The number of rotatable bonds is 5. The Kier molecular flexibility index (Phi) is 4.93. The lowest BCUT2D eigenvalue weighted by Gasteiger charge is -2.10. The van der Waals surface area contributed by atoms with Crippen molar-refractivity contribution in [1.82, 2.24) is 5.32 Å². The zero-order valence-electron chi connectivity index (χ0n) is 10.8. The smallest absolute Gasteiger partial charge is 0.349 e. The van der Waals surface area contributed by atoms with Gasteiger partial charge in [-0.25, -0.2) is 4.79 Å². The SMILES string of the molecule is Cc1ccsc1C(=O)OCC(=O)NC[C@@H]1CCCO1. The Morgan fingerprint density at radius 1 is 1.58 bits per heavy atom. The summed E-state index contributed by atoms with van der Waals surface area (Å²) in [6.45, 7) is 2.83. The van der Waals surface area contributed by atoms with E-state index in [2.05, 4.69) is 5.32 Å². The van der Waals surface area contributed by atoms with Gasteiger partial charge in [0, 0.05) is 13.2 Å². The normalized spacial score (nSPS) is 18.3. The van der Waals surface area contributed by atoms with E-state index in [1.54, 1.807) is 0 Å². The van der Waals surface area contributed by atoms with Crippen LogP contribution in [0.1, 0.15) is 28.1 Å². The predicted molar refractivity (Wildman–Crippen MR) is 71.3 cm³/mol. The summed E-state index contributed by atoms with van der Waals surface area (Å²) in [6.07, 6.45) is 2.10. The van der Waals surface area contributed by atoms with E-state index in [1.165, 1.54) is 11.3 Å². The van der Waals surface area contributed by atoms with E-state index < -0.39 is 5.97 Å². The summed E-state index contributed by atoms with van der Waals surface area (Å²) in [6, 6.07) is 1.85. The first-order valence-electron chi connectivity index (χ1n) is 6.26. The van der Waals surface area contributed by atoms with E-state index in [0.29, 0.717) is 11.4 Å². The molecule has 1 aromatic rings. The molecule has 1 saturated heterocycles. The summed E-state index contributed by atoms with van der Waals surface area (Å²) >= 11 is 1.32. The molecular formula is C13H17NO4S. The standard InChI is InChI=1S/C13H17NO4S/c1-9-4-6-19-12(9)13(16)18-8-11(15)14-7-10-3-2-5-17-10/h4,6,10H,2-3,5,7-8H2,1H3,(H,14,15)/t10-/m0/s1. The average molecular weight is 283 g/mol. The summed E-state index contributed by atoms with van der Waals surface area (Å²) < 4.78 is 10.3. The van der Waals surface area contributed by atoms with Crippen LogP contribution in [0.3, 0.4) is 0 Å². The minimum atomic E-state index is -0.445. The number of carbonyl (C=O) groups excluding carboxylic acids is 2. The van der Waals surface area contributed by atoms with Crippen molar-refractivity contribution in [3.63, 3.8) is 0 Å². The van der Waals surface area contributed by atoms with Crippen LogP contribution in [0.2, 0.25) is 0 Å². The third-order valence-electron chi connectivity index (χ3n) is 2.93. The molecule has 2 rings (SSSR count). The number of carbonyl (C=O) groups is 2. The van der Waals surface area contributed by atoms with Gasteiger partial charge in [0.15, 0.2) is 6.61 Å². The zero-order chi connectivity index (χ0) is 13.7. The van der Waals surface area contributed by atoms with Crippen molar-refractivity contribution in [1.29, 1.82) is 0 Å². The molecule has 0 saturated carbocycles. The minimum Gasteiger partial charge on any atom is -0.451 e. The van der Waals surface area contributed by atoms with Gasteiger partial charge in [0.2, 0.25) is 0 Å².